The lowest BCUT2D eigenvalue weighted by atomic mass is 10.1. The highest BCUT2D eigenvalue weighted by Crippen LogP contribution is 2.09. The van der Waals surface area contributed by atoms with Crippen molar-refractivity contribution in [2.45, 2.75) is 45.4 Å². The molecule has 5 heteroatoms. The molecule has 1 aromatic rings. The number of halogens is 1. The zero-order valence-corrected chi connectivity index (χ0v) is 10.7. The lowest BCUT2D eigenvalue weighted by molar-refractivity contribution is 0.222. The molecular weight excluding hydrogens is 240 g/mol. The van der Waals surface area contributed by atoms with E-state index in [1.54, 1.807) is 12.4 Å². The molecule has 0 N–H and O–H groups in total. The van der Waals surface area contributed by atoms with Crippen molar-refractivity contribution in [1.29, 1.82) is 0 Å². The van der Waals surface area contributed by atoms with Crippen molar-refractivity contribution >= 4 is 17.0 Å². The zero-order valence-electron chi connectivity index (χ0n) is 9.99. The molecule has 0 fully saturated rings. The third-order valence-corrected chi connectivity index (χ3v) is 2.50. The van der Waals surface area contributed by atoms with E-state index < -0.39 is 5.43 Å². The van der Waals surface area contributed by atoms with E-state index in [-0.39, 0.29) is 6.01 Å². The third-order valence-electron chi connectivity index (χ3n) is 2.42. The minimum Gasteiger partial charge on any atom is -0.378 e. The average Bonchev–Trinajstić information content (AvgIpc) is 2.30. The number of hydrogen-bond acceptors (Lipinski definition) is 4. The monoisotopic (exact) mass is 256 g/mol. The molecule has 0 spiro atoms. The summed E-state index contributed by atoms with van der Waals surface area (Å²) in [6.07, 6.45) is 10.5. The van der Waals surface area contributed by atoms with E-state index in [0.29, 0.717) is 0 Å². The molecule has 1 aromatic heterocycles. The number of aryl methyl sites for hydroxylation is 1. The van der Waals surface area contributed by atoms with Crippen LogP contribution in [-0.2, 0) is 6.42 Å². The van der Waals surface area contributed by atoms with Gasteiger partial charge in [-0.3, -0.25) is 0 Å². The van der Waals surface area contributed by atoms with E-state index in [0.717, 1.165) is 18.4 Å². The molecule has 17 heavy (non-hydrogen) atoms. The molecule has 0 atom stereocenters. The molecule has 0 saturated carbocycles. The van der Waals surface area contributed by atoms with Crippen LogP contribution < -0.4 is 4.74 Å². The Morgan fingerprint density at radius 1 is 1.24 bits per heavy atom. The number of nitrogens with zero attached hydrogens (tertiary/aromatic N) is 2. The molecule has 0 radical (unpaired) electrons. The van der Waals surface area contributed by atoms with Gasteiger partial charge in [0.1, 0.15) is 0 Å². The van der Waals surface area contributed by atoms with Crippen LogP contribution in [0.15, 0.2) is 12.4 Å². The maximum atomic E-state index is 10.4. The molecule has 4 nitrogen and oxygen atoms in total. The second-order valence-electron chi connectivity index (χ2n) is 3.88. The summed E-state index contributed by atoms with van der Waals surface area (Å²) in [6.45, 7) is 2.20. The number of aromatic nitrogens is 2. The van der Waals surface area contributed by atoms with Crippen molar-refractivity contribution in [3.05, 3.63) is 18.0 Å². The Bertz CT molecular complexity index is 341. The quantitative estimate of drug-likeness (QED) is 0.551. The third kappa shape index (κ3) is 6.22. The lowest BCUT2D eigenvalue weighted by Crippen LogP contribution is -2.01. The van der Waals surface area contributed by atoms with E-state index in [1.165, 1.54) is 25.7 Å². The van der Waals surface area contributed by atoms with Gasteiger partial charge < -0.3 is 4.74 Å². The van der Waals surface area contributed by atoms with E-state index in [1.807, 2.05) is 0 Å². The van der Waals surface area contributed by atoms with Gasteiger partial charge in [-0.1, -0.05) is 32.6 Å². The Morgan fingerprint density at radius 3 is 2.47 bits per heavy atom. The normalized spacial score (nSPS) is 10.2. The maximum absolute atomic E-state index is 10.4. The van der Waals surface area contributed by atoms with E-state index in [2.05, 4.69) is 21.6 Å². The van der Waals surface area contributed by atoms with E-state index >= 15 is 0 Å². The van der Waals surface area contributed by atoms with E-state index in [9.17, 15) is 4.79 Å². The van der Waals surface area contributed by atoms with Crippen LogP contribution in [0.1, 0.15) is 44.6 Å². The first-order chi connectivity index (χ1) is 8.22. The topological polar surface area (TPSA) is 52.1 Å². The van der Waals surface area contributed by atoms with Gasteiger partial charge in [0, 0.05) is 24.0 Å². The number of ether oxygens (including phenoxy) is 1. The summed E-state index contributed by atoms with van der Waals surface area (Å²) >= 11 is 5.04. The fourth-order valence-electron chi connectivity index (χ4n) is 1.53. The first-order valence-electron chi connectivity index (χ1n) is 5.90. The van der Waals surface area contributed by atoms with Gasteiger partial charge in [0.25, 0.3) is 0 Å². The molecule has 94 valence electrons. The number of unbranched alkanes of at least 4 members (excludes halogenated alkanes) is 4. The first-order valence-corrected chi connectivity index (χ1v) is 6.28. The molecule has 0 aliphatic rings. The van der Waals surface area contributed by atoms with Crippen LogP contribution in [-0.4, -0.2) is 15.4 Å². The molecular formula is C12H17ClN2O2. The number of carbonyl (C=O) groups excluding carboxylic acids is 1. The second kappa shape index (κ2) is 8.01. The molecule has 1 heterocycles. The van der Waals surface area contributed by atoms with Crippen molar-refractivity contribution in [2.75, 3.05) is 0 Å². The smallest absolute Gasteiger partial charge is 0.378 e. The summed E-state index contributed by atoms with van der Waals surface area (Å²) in [4.78, 5) is 18.2. The van der Waals surface area contributed by atoms with Gasteiger partial charge in [-0.25, -0.2) is 14.8 Å². The van der Waals surface area contributed by atoms with Crippen LogP contribution in [0.25, 0.3) is 0 Å². The second-order valence-corrected chi connectivity index (χ2v) is 4.19. The molecule has 0 unspecified atom stereocenters. The molecule has 0 saturated heterocycles. The standard InChI is InChI=1S/C12H17ClN2O2/c1-2-3-4-5-6-7-10-8-14-12(15-9-10)17-11(13)16/h8-9H,2-7H2,1H3. The Morgan fingerprint density at radius 2 is 1.88 bits per heavy atom. The minimum absolute atomic E-state index is 0.000247. The molecule has 0 aromatic carbocycles. The molecule has 0 bridgehead atoms. The van der Waals surface area contributed by atoms with E-state index in [4.69, 9.17) is 11.6 Å². The minimum atomic E-state index is -0.919. The van der Waals surface area contributed by atoms with Gasteiger partial charge in [0.15, 0.2) is 0 Å². The van der Waals surface area contributed by atoms with Crippen LogP contribution in [0.2, 0.25) is 0 Å². The SMILES string of the molecule is CCCCCCCc1cnc(OC(=O)Cl)nc1. The highest BCUT2D eigenvalue weighted by atomic mass is 35.5. The molecule has 0 aliphatic carbocycles. The predicted octanol–water partition coefficient (Wildman–Crippen LogP) is 3.73. The summed E-state index contributed by atoms with van der Waals surface area (Å²) in [7, 11) is 0. The summed E-state index contributed by atoms with van der Waals surface area (Å²) in [6, 6.07) is -0.000247. The summed E-state index contributed by atoms with van der Waals surface area (Å²) in [5.74, 6) is 0. The summed E-state index contributed by atoms with van der Waals surface area (Å²) in [5.41, 5.74) is 0.133. The highest BCUT2D eigenvalue weighted by Gasteiger charge is 2.02. The highest BCUT2D eigenvalue weighted by molar-refractivity contribution is 6.61. The number of carbonyl (C=O) groups is 1. The Kier molecular flexibility index (Phi) is 6.55. The van der Waals surface area contributed by atoms with Crippen LogP contribution >= 0.6 is 11.6 Å². The largest absolute Gasteiger partial charge is 0.411 e. The van der Waals surface area contributed by atoms with Gasteiger partial charge in [-0.15, -0.1) is 0 Å². The van der Waals surface area contributed by atoms with Crippen LogP contribution in [0, 0.1) is 0 Å². The van der Waals surface area contributed by atoms with Crippen LogP contribution in [0.3, 0.4) is 0 Å². The Hall–Kier alpha value is -1.16. The van der Waals surface area contributed by atoms with Crippen molar-refractivity contribution in [3.8, 4) is 6.01 Å². The van der Waals surface area contributed by atoms with Gasteiger partial charge in [0.2, 0.25) is 0 Å². The maximum Gasteiger partial charge on any atom is 0.411 e. The predicted molar refractivity (Wildman–Crippen MR) is 66.4 cm³/mol. The zero-order chi connectivity index (χ0) is 12.5. The van der Waals surface area contributed by atoms with Gasteiger partial charge in [0.05, 0.1) is 0 Å². The summed E-state index contributed by atoms with van der Waals surface area (Å²) in [5, 5.41) is 0. The lowest BCUT2D eigenvalue weighted by Gasteiger charge is -2.01. The van der Waals surface area contributed by atoms with Crippen molar-refractivity contribution in [2.24, 2.45) is 0 Å². The fraction of sp³-hybridized carbons (Fsp3) is 0.583. The van der Waals surface area contributed by atoms with Gasteiger partial charge in [-0.05, 0) is 18.4 Å². The molecule has 1 rings (SSSR count). The van der Waals surface area contributed by atoms with Gasteiger partial charge >= 0.3 is 11.4 Å². The summed E-state index contributed by atoms with van der Waals surface area (Å²) < 4.78 is 4.53. The van der Waals surface area contributed by atoms with Gasteiger partial charge in [-0.2, -0.15) is 0 Å². The van der Waals surface area contributed by atoms with Crippen molar-refractivity contribution in [1.82, 2.24) is 9.97 Å². The van der Waals surface area contributed by atoms with Crippen molar-refractivity contribution < 1.29 is 9.53 Å². The number of rotatable bonds is 7. The fourth-order valence-corrected chi connectivity index (χ4v) is 1.60. The molecule has 0 aliphatic heterocycles. The number of hydrogen-bond donors (Lipinski definition) is 0. The average molecular weight is 257 g/mol. The van der Waals surface area contributed by atoms with Crippen LogP contribution in [0.5, 0.6) is 6.01 Å². The Labute approximate surface area is 106 Å². The first kappa shape index (κ1) is 13.9. The molecule has 0 amide bonds. The van der Waals surface area contributed by atoms with Crippen LogP contribution in [0.4, 0.5) is 4.79 Å². The van der Waals surface area contributed by atoms with Crippen molar-refractivity contribution in [3.63, 3.8) is 0 Å². The Balaban J connectivity index is 2.28.